The molecule has 0 aliphatic rings. The quantitative estimate of drug-likeness (QED) is 0.476. The molecule has 7 nitrogen and oxygen atoms in total. The number of nitrogens with zero attached hydrogens (tertiary/aromatic N) is 2. The van der Waals surface area contributed by atoms with Crippen LogP contribution < -0.4 is 10.2 Å². The number of pyridine rings is 1. The molecule has 1 amide bonds. The van der Waals surface area contributed by atoms with Gasteiger partial charge in [0.1, 0.15) is 5.75 Å². The van der Waals surface area contributed by atoms with Crippen LogP contribution in [-0.4, -0.2) is 36.3 Å². The standard InChI is InChI=1S/C17H17N3O4/c1-2-23-17(22)14-5-7-15(8-6-14)24-12-16(21)20-19-11-13-4-3-9-18-10-13/h3-11H,2,12H2,1H3,(H,20,21). The Morgan fingerprint density at radius 3 is 2.71 bits per heavy atom. The van der Waals surface area contributed by atoms with Crippen molar-refractivity contribution < 1.29 is 19.1 Å². The van der Waals surface area contributed by atoms with Crippen molar-refractivity contribution in [2.45, 2.75) is 6.92 Å². The number of ether oxygens (including phenoxy) is 2. The second kappa shape index (κ2) is 9.04. The van der Waals surface area contributed by atoms with E-state index in [9.17, 15) is 9.59 Å². The van der Waals surface area contributed by atoms with Crippen molar-refractivity contribution >= 4 is 18.1 Å². The van der Waals surface area contributed by atoms with Crippen molar-refractivity contribution in [3.05, 3.63) is 59.9 Å². The predicted molar refractivity (Wildman–Crippen MR) is 87.9 cm³/mol. The van der Waals surface area contributed by atoms with Crippen LogP contribution in [0.4, 0.5) is 0 Å². The molecule has 24 heavy (non-hydrogen) atoms. The number of carbonyl (C=O) groups excluding carboxylic acids is 2. The van der Waals surface area contributed by atoms with Crippen LogP contribution in [-0.2, 0) is 9.53 Å². The van der Waals surface area contributed by atoms with Gasteiger partial charge in [0.15, 0.2) is 6.61 Å². The first-order valence-electron chi connectivity index (χ1n) is 7.31. The molecule has 124 valence electrons. The summed E-state index contributed by atoms with van der Waals surface area (Å²) in [4.78, 5) is 27.1. The molecule has 2 aromatic rings. The van der Waals surface area contributed by atoms with Gasteiger partial charge in [-0.05, 0) is 37.3 Å². The second-order valence-corrected chi connectivity index (χ2v) is 4.61. The summed E-state index contributed by atoms with van der Waals surface area (Å²) in [6, 6.07) is 9.92. The zero-order valence-electron chi connectivity index (χ0n) is 13.1. The first-order valence-corrected chi connectivity index (χ1v) is 7.31. The molecule has 0 spiro atoms. The number of esters is 1. The van der Waals surface area contributed by atoms with E-state index in [2.05, 4.69) is 15.5 Å². The van der Waals surface area contributed by atoms with Crippen LogP contribution in [0.15, 0.2) is 53.9 Å². The Morgan fingerprint density at radius 2 is 2.04 bits per heavy atom. The highest BCUT2D eigenvalue weighted by molar-refractivity contribution is 5.89. The third kappa shape index (κ3) is 5.53. The first kappa shape index (κ1) is 17.1. The highest BCUT2D eigenvalue weighted by atomic mass is 16.5. The largest absolute Gasteiger partial charge is 0.484 e. The lowest BCUT2D eigenvalue weighted by Gasteiger charge is -2.06. The van der Waals surface area contributed by atoms with Gasteiger partial charge >= 0.3 is 5.97 Å². The fourth-order valence-electron chi connectivity index (χ4n) is 1.71. The van der Waals surface area contributed by atoms with Crippen LogP contribution in [0.2, 0.25) is 0 Å². The van der Waals surface area contributed by atoms with Crippen molar-refractivity contribution in [2.24, 2.45) is 5.10 Å². The first-order chi connectivity index (χ1) is 11.7. The minimum absolute atomic E-state index is 0.191. The van der Waals surface area contributed by atoms with E-state index in [4.69, 9.17) is 9.47 Å². The predicted octanol–water partition coefficient (Wildman–Crippen LogP) is 1.79. The fraction of sp³-hybridized carbons (Fsp3) is 0.176. The molecule has 0 radical (unpaired) electrons. The number of hydrogen-bond acceptors (Lipinski definition) is 6. The van der Waals surface area contributed by atoms with Crippen LogP contribution in [0.3, 0.4) is 0 Å². The van der Waals surface area contributed by atoms with Gasteiger partial charge in [0.2, 0.25) is 0 Å². The van der Waals surface area contributed by atoms with Gasteiger partial charge in [-0.2, -0.15) is 5.10 Å². The highest BCUT2D eigenvalue weighted by Gasteiger charge is 2.06. The van der Waals surface area contributed by atoms with Crippen molar-refractivity contribution in [3.63, 3.8) is 0 Å². The van der Waals surface area contributed by atoms with Crippen LogP contribution in [0.5, 0.6) is 5.75 Å². The molecule has 0 aliphatic heterocycles. The number of nitrogens with one attached hydrogen (secondary N) is 1. The molecule has 0 unspecified atom stereocenters. The third-order valence-electron chi connectivity index (χ3n) is 2.82. The smallest absolute Gasteiger partial charge is 0.338 e. The molecule has 0 fully saturated rings. The maximum absolute atomic E-state index is 11.6. The minimum atomic E-state index is -0.399. The summed E-state index contributed by atoms with van der Waals surface area (Å²) in [5.41, 5.74) is 3.55. The number of hydrogen-bond donors (Lipinski definition) is 1. The Bertz CT molecular complexity index is 700. The van der Waals surface area contributed by atoms with E-state index in [1.807, 2.05) is 6.07 Å². The maximum Gasteiger partial charge on any atom is 0.338 e. The third-order valence-corrected chi connectivity index (χ3v) is 2.82. The number of hydrazone groups is 1. The van der Waals surface area contributed by atoms with E-state index in [0.717, 1.165) is 5.56 Å². The SMILES string of the molecule is CCOC(=O)c1ccc(OCC(=O)NN=Cc2cccnc2)cc1. The average molecular weight is 327 g/mol. The average Bonchev–Trinajstić information content (AvgIpc) is 2.61. The Morgan fingerprint density at radius 1 is 1.25 bits per heavy atom. The second-order valence-electron chi connectivity index (χ2n) is 4.61. The molecular formula is C17H17N3O4. The molecule has 0 saturated carbocycles. The molecule has 2 rings (SSSR count). The van der Waals surface area contributed by atoms with E-state index < -0.39 is 11.9 Å². The Kier molecular flexibility index (Phi) is 6.46. The number of carbonyl (C=O) groups is 2. The summed E-state index contributed by atoms with van der Waals surface area (Å²) in [5.74, 6) is -0.328. The number of amides is 1. The highest BCUT2D eigenvalue weighted by Crippen LogP contribution is 2.12. The van der Waals surface area contributed by atoms with Gasteiger partial charge in [0, 0.05) is 18.0 Å². The Balaban J connectivity index is 1.77. The zero-order chi connectivity index (χ0) is 17.2. The van der Waals surface area contributed by atoms with E-state index in [-0.39, 0.29) is 6.61 Å². The van der Waals surface area contributed by atoms with Gasteiger partial charge in [0.25, 0.3) is 5.91 Å². The van der Waals surface area contributed by atoms with E-state index in [1.54, 1.807) is 49.6 Å². The van der Waals surface area contributed by atoms with Crippen molar-refractivity contribution in [3.8, 4) is 5.75 Å². The fourth-order valence-corrected chi connectivity index (χ4v) is 1.71. The van der Waals surface area contributed by atoms with Gasteiger partial charge in [-0.1, -0.05) is 6.07 Å². The van der Waals surface area contributed by atoms with Crippen LogP contribution in [0.25, 0.3) is 0 Å². The van der Waals surface area contributed by atoms with E-state index in [0.29, 0.717) is 17.9 Å². The molecule has 0 atom stereocenters. The van der Waals surface area contributed by atoms with Crippen molar-refractivity contribution in [2.75, 3.05) is 13.2 Å². The summed E-state index contributed by atoms with van der Waals surface area (Å²) in [6.45, 7) is 1.87. The van der Waals surface area contributed by atoms with Crippen LogP contribution >= 0.6 is 0 Å². The molecule has 0 aliphatic carbocycles. The normalized spacial score (nSPS) is 10.4. The van der Waals surface area contributed by atoms with Gasteiger partial charge in [-0.25, -0.2) is 10.2 Å². The van der Waals surface area contributed by atoms with Crippen LogP contribution in [0, 0.1) is 0 Å². The van der Waals surface area contributed by atoms with Gasteiger partial charge < -0.3 is 9.47 Å². The molecule has 0 bridgehead atoms. The molecule has 0 saturated heterocycles. The maximum atomic E-state index is 11.6. The molecule has 7 heteroatoms. The summed E-state index contributed by atoms with van der Waals surface area (Å²) >= 11 is 0. The lowest BCUT2D eigenvalue weighted by Crippen LogP contribution is -2.24. The summed E-state index contributed by atoms with van der Waals surface area (Å²) < 4.78 is 10.2. The Hall–Kier alpha value is -3.22. The van der Waals surface area contributed by atoms with Crippen LogP contribution in [0.1, 0.15) is 22.8 Å². The van der Waals surface area contributed by atoms with Crippen molar-refractivity contribution in [1.29, 1.82) is 0 Å². The van der Waals surface area contributed by atoms with E-state index >= 15 is 0 Å². The molecule has 1 heterocycles. The summed E-state index contributed by atoms with van der Waals surface area (Å²) in [5, 5.41) is 3.81. The minimum Gasteiger partial charge on any atom is -0.484 e. The molecular weight excluding hydrogens is 310 g/mol. The van der Waals surface area contributed by atoms with Gasteiger partial charge in [-0.15, -0.1) is 0 Å². The molecule has 1 N–H and O–H groups in total. The molecule has 1 aromatic carbocycles. The number of aromatic nitrogens is 1. The van der Waals surface area contributed by atoms with Crippen molar-refractivity contribution in [1.82, 2.24) is 10.4 Å². The summed E-state index contributed by atoms with van der Waals surface area (Å²) in [7, 11) is 0. The monoisotopic (exact) mass is 327 g/mol. The summed E-state index contributed by atoms with van der Waals surface area (Å²) in [6.07, 6.45) is 4.76. The van der Waals surface area contributed by atoms with Gasteiger partial charge in [0.05, 0.1) is 18.4 Å². The van der Waals surface area contributed by atoms with Gasteiger partial charge in [-0.3, -0.25) is 9.78 Å². The Labute approximate surface area is 139 Å². The lowest BCUT2D eigenvalue weighted by atomic mass is 10.2. The number of benzene rings is 1. The van der Waals surface area contributed by atoms with E-state index in [1.165, 1.54) is 6.21 Å². The zero-order valence-corrected chi connectivity index (χ0v) is 13.1. The lowest BCUT2D eigenvalue weighted by molar-refractivity contribution is -0.123. The topological polar surface area (TPSA) is 89.9 Å². The molecule has 1 aromatic heterocycles. The number of rotatable bonds is 7.